The van der Waals surface area contributed by atoms with Crippen molar-refractivity contribution in [2.75, 3.05) is 18.4 Å². The lowest BCUT2D eigenvalue weighted by molar-refractivity contribution is -0.111. The lowest BCUT2D eigenvalue weighted by Gasteiger charge is -2.15. The molecular formula is C25H22N6O3. The molecule has 4 aromatic rings. The molecule has 0 atom stereocenters. The van der Waals surface area contributed by atoms with Crippen molar-refractivity contribution in [2.24, 2.45) is 0 Å². The van der Waals surface area contributed by atoms with Crippen molar-refractivity contribution in [1.82, 2.24) is 25.1 Å². The first-order chi connectivity index (χ1) is 16.7. The number of carbonyl (C=O) groups is 2. The quantitative estimate of drug-likeness (QED) is 0.444. The number of furan rings is 1. The third-order valence-electron chi connectivity index (χ3n) is 5.57. The van der Waals surface area contributed by atoms with Crippen molar-refractivity contribution >= 4 is 29.3 Å². The standard InChI is InChI=1S/C25H22N6O3/c32-24(26-20-12-10-19(11-13-20)25(33)30-14-4-5-15-30)22(17-21-9-6-16-34-21)31-23(27-28-29-31)18-7-2-1-3-8-18/h1-3,6-13,16-17H,4-5,14-15H2,(H,26,32)/b22-17-. The highest BCUT2D eigenvalue weighted by Gasteiger charge is 2.21. The number of hydrogen-bond donors (Lipinski definition) is 1. The zero-order valence-electron chi connectivity index (χ0n) is 18.3. The van der Waals surface area contributed by atoms with Gasteiger partial charge in [0.1, 0.15) is 11.5 Å². The van der Waals surface area contributed by atoms with E-state index in [-0.39, 0.29) is 11.6 Å². The number of benzene rings is 2. The Morgan fingerprint density at radius 3 is 2.41 bits per heavy atom. The SMILES string of the molecule is O=C(Nc1ccc(C(=O)N2CCCC2)cc1)/C(=C/c1ccco1)n1nnnc1-c1ccccc1. The molecule has 0 radical (unpaired) electrons. The number of aromatic nitrogens is 4. The van der Waals surface area contributed by atoms with Crippen molar-refractivity contribution in [3.63, 3.8) is 0 Å². The Morgan fingerprint density at radius 2 is 1.71 bits per heavy atom. The van der Waals surface area contributed by atoms with Crippen LogP contribution in [0.3, 0.4) is 0 Å². The van der Waals surface area contributed by atoms with E-state index in [0.717, 1.165) is 31.5 Å². The first-order valence-corrected chi connectivity index (χ1v) is 11.0. The number of amides is 2. The maximum Gasteiger partial charge on any atom is 0.274 e. The van der Waals surface area contributed by atoms with Crippen LogP contribution in [0, 0.1) is 0 Å². The van der Waals surface area contributed by atoms with Crippen LogP contribution in [-0.4, -0.2) is 50.0 Å². The zero-order valence-corrected chi connectivity index (χ0v) is 18.3. The molecule has 2 aromatic carbocycles. The van der Waals surface area contributed by atoms with Gasteiger partial charge in [-0.25, -0.2) is 0 Å². The maximum atomic E-state index is 13.3. The Morgan fingerprint density at radius 1 is 0.941 bits per heavy atom. The maximum absolute atomic E-state index is 13.3. The van der Waals surface area contributed by atoms with Gasteiger partial charge in [-0.15, -0.1) is 5.10 Å². The molecule has 0 bridgehead atoms. The average molecular weight is 454 g/mol. The third-order valence-corrected chi connectivity index (χ3v) is 5.57. The number of carbonyl (C=O) groups excluding carboxylic acids is 2. The van der Waals surface area contributed by atoms with E-state index in [9.17, 15) is 9.59 Å². The summed E-state index contributed by atoms with van der Waals surface area (Å²) in [5.74, 6) is 0.473. The second kappa shape index (κ2) is 9.53. The van der Waals surface area contributed by atoms with E-state index < -0.39 is 5.91 Å². The molecule has 1 fully saturated rings. The summed E-state index contributed by atoms with van der Waals surface area (Å²) in [6, 6.07) is 19.7. The molecule has 9 nitrogen and oxygen atoms in total. The van der Waals surface area contributed by atoms with Crippen LogP contribution in [0.25, 0.3) is 23.2 Å². The van der Waals surface area contributed by atoms with Crippen LogP contribution in [0.1, 0.15) is 29.0 Å². The fourth-order valence-electron chi connectivity index (χ4n) is 3.84. The summed E-state index contributed by atoms with van der Waals surface area (Å²) in [5.41, 5.74) is 2.08. The van der Waals surface area contributed by atoms with Crippen LogP contribution < -0.4 is 5.32 Å². The van der Waals surface area contributed by atoms with Gasteiger partial charge in [0.2, 0.25) is 0 Å². The van der Waals surface area contributed by atoms with E-state index >= 15 is 0 Å². The second-order valence-electron chi connectivity index (χ2n) is 7.86. The lowest BCUT2D eigenvalue weighted by atomic mass is 10.1. The van der Waals surface area contributed by atoms with Gasteiger partial charge in [0.15, 0.2) is 5.82 Å². The minimum Gasteiger partial charge on any atom is -0.465 e. The fourth-order valence-corrected chi connectivity index (χ4v) is 3.84. The van der Waals surface area contributed by atoms with Crippen LogP contribution in [-0.2, 0) is 4.79 Å². The van der Waals surface area contributed by atoms with Crippen LogP contribution in [0.15, 0.2) is 77.4 Å². The number of nitrogens with one attached hydrogen (secondary N) is 1. The molecule has 1 N–H and O–H groups in total. The summed E-state index contributed by atoms with van der Waals surface area (Å²) in [6.45, 7) is 1.57. The monoisotopic (exact) mass is 454 g/mol. The molecule has 2 aromatic heterocycles. The molecule has 0 unspecified atom stereocenters. The van der Waals surface area contributed by atoms with Gasteiger partial charge in [-0.2, -0.15) is 4.68 Å². The molecule has 1 aliphatic rings. The van der Waals surface area contributed by atoms with Gasteiger partial charge in [0.25, 0.3) is 11.8 Å². The summed E-state index contributed by atoms with van der Waals surface area (Å²) >= 11 is 0. The first-order valence-electron chi connectivity index (χ1n) is 11.0. The largest absolute Gasteiger partial charge is 0.465 e. The number of likely N-dealkylation sites (tertiary alicyclic amines) is 1. The molecule has 3 heterocycles. The molecule has 0 saturated carbocycles. The number of rotatable bonds is 6. The molecule has 170 valence electrons. The number of anilines is 1. The van der Waals surface area contributed by atoms with Gasteiger partial charge < -0.3 is 14.6 Å². The van der Waals surface area contributed by atoms with Gasteiger partial charge in [0.05, 0.1) is 6.26 Å². The lowest BCUT2D eigenvalue weighted by Crippen LogP contribution is -2.27. The summed E-state index contributed by atoms with van der Waals surface area (Å²) < 4.78 is 6.79. The van der Waals surface area contributed by atoms with E-state index in [2.05, 4.69) is 20.8 Å². The van der Waals surface area contributed by atoms with Crippen LogP contribution in [0.2, 0.25) is 0 Å². The molecule has 5 rings (SSSR count). The highest BCUT2D eigenvalue weighted by Crippen LogP contribution is 2.22. The minimum absolute atomic E-state index is 0.00923. The highest BCUT2D eigenvalue weighted by atomic mass is 16.3. The predicted octanol–water partition coefficient (Wildman–Crippen LogP) is 3.81. The van der Waals surface area contributed by atoms with Gasteiger partial charge in [-0.05, 0) is 59.7 Å². The molecule has 1 saturated heterocycles. The Kier molecular flexibility index (Phi) is 5.98. The van der Waals surface area contributed by atoms with Crippen molar-refractivity contribution in [3.05, 3.63) is 84.3 Å². The summed E-state index contributed by atoms with van der Waals surface area (Å²) in [6.07, 6.45) is 5.16. The van der Waals surface area contributed by atoms with E-state index in [4.69, 9.17) is 4.42 Å². The van der Waals surface area contributed by atoms with E-state index in [1.54, 1.807) is 42.5 Å². The number of nitrogens with zero attached hydrogens (tertiary/aromatic N) is 5. The van der Waals surface area contributed by atoms with E-state index in [0.29, 0.717) is 22.8 Å². The van der Waals surface area contributed by atoms with E-state index in [1.807, 2.05) is 35.2 Å². The molecular weight excluding hydrogens is 432 g/mol. The predicted molar refractivity (Wildman–Crippen MR) is 126 cm³/mol. The smallest absolute Gasteiger partial charge is 0.274 e. The molecule has 34 heavy (non-hydrogen) atoms. The minimum atomic E-state index is -0.431. The van der Waals surface area contributed by atoms with Gasteiger partial charge in [-0.1, -0.05) is 30.3 Å². The molecule has 0 spiro atoms. The fraction of sp³-hybridized carbons (Fsp3) is 0.160. The highest BCUT2D eigenvalue weighted by molar-refractivity contribution is 6.24. The van der Waals surface area contributed by atoms with Gasteiger partial charge in [0, 0.05) is 36.0 Å². The van der Waals surface area contributed by atoms with Crippen molar-refractivity contribution < 1.29 is 14.0 Å². The Hall–Kier alpha value is -4.53. The van der Waals surface area contributed by atoms with Gasteiger partial charge in [-0.3, -0.25) is 9.59 Å². The zero-order chi connectivity index (χ0) is 23.3. The van der Waals surface area contributed by atoms with Crippen LogP contribution in [0.4, 0.5) is 5.69 Å². The van der Waals surface area contributed by atoms with Crippen molar-refractivity contribution in [1.29, 1.82) is 0 Å². The third kappa shape index (κ3) is 4.49. The van der Waals surface area contributed by atoms with Crippen molar-refractivity contribution in [3.8, 4) is 11.4 Å². The number of tetrazole rings is 1. The molecule has 9 heteroatoms. The molecule has 2 amide bonds. The van der Waals surface area contributed by atoms with Crippen molar-refractivity contribution in [2.45, 2.75) is 12.8 Å². The summed E-state index contributed by atoms with van der Waals surface area (Å²) in [4.78, 5) is 27.8. The van der Waals surface area contributed by atoms with Crippen LogP contribution in [0.5, 0.6) is 0 Å². The molecule has 1 aliphatic heterocycles. The van der Waals surface area contributed by atoms with Gasteiger partial charge >= 0.3 is 0 Å². The average Bonchev–Trinajstić information content (AvgIpc) is 3.66. The summed E-state index contributed by atoms with van der Waals surface area (Å²) in [7, 11) is 0. The normalized spacial score (nSPS) is 13.8. The first kappa shape index (κ1) is 21.3. The number of hydrogen-bond acceptors (Lipinski definition) is 6. The van der Waals surface area contributed by atoms with Crippen LogP contribution >= 0.6 is 0 Å². The molecule has 0 aliphatic carbocycles. The summed E-state index contributed by atoms with van der Waals surface area (Å²) in [5, 5.41) is 14.8. The Bertz CT molecular complexity index is 1300. The Labute approximate surface area is 195 Å². The van der Waals surface area contributed by atoms with E-state index in [1.165, 1.54) is 10.9 Å². The topological polar surface area (TPSA) is 106 Å². The Balaban J connectivity index is 1.42. The second-order valence-corrected chi connectivity index (χ2v) is 7.86.